The van der Waals surface area contributed by atoms with Crippen LogP contribution >= 0.6 is 0 Å². The second-order valence-corrected chi connectivity index (χ2v) is 4.33. The fourth-order valence-corrected chi connectivity index (χ4v) is 1.94. The summed E-state index contributed by atoms with van der Waals surface area (Å²) in [4.78, 5) is 22.5. The molecule has 106 valence electrons. The topological polar surface area (TPSA) is 93.2 Å². The van der Waals surface area contributed by atoms with Crippen LogP contribution < -0.4 is 0 Å². The van der Waals surface area contributed by atoms with Crippen molar-refractivity contribution in [3.63, 3.8) is 0 Å². The van der Waals surface area contributed by atoms with Crippen molar-refractivity contribution in [3.8, 4) is 6.07 Å². The van der Waals surface area contributed by atoms with Crippen molar-refractivity contribution in [2.24, 2.45) is 5.41 Å². The van der Waals surface area contributed by atoms with Crippen molar-refractivity contribution >= 4 is 11.7 Å². The first-order valence-corrected chi connectivity index (χ1v) is 6.31. The third-order valence-corrected chi connectivity index (χ3v) is 3.16. The number of para-hydroxylation sites is 1. The molecule has 6 nitrogen and oxygen atoms in total. The van der Waals surface area contributed by atoms with E-state index in [2.05, 4.69) is 0 Å². The summed E-state index contributed by atoms with van der Waals surface area (Å²) < 4.78 is 4.93. The Balaban J connectivity index is 3.19. The van der Waals surface area contributed by atoms with E-state index in [4.69, 9.17) is 4.74 Å². The van der Waals surface area contributed by atoms with Gasteiger partial charge in [-0.1, -0.05) is 25.1 Å². The Morgan fingerprint density at radius 3 is 2.60 bits per heavy atom. The molecule has 0 fully saturated rings. The molecule has 0 saturated heterocycles. The minimum Gasteiger partial charge on any atom is -0.465 e. The molecule has 1 aromatic rings. The Bertz CT molecular complexity index is 550. The van der Waals surface area contributed by atoms with Crippen molar-refractivity contribution < 1.29 is 14.5 Å². The van der Waals surface area contributed by atoms with Gasteiger partial charge >= 0.3 is 5.97 Å². The molecule has 0 heterocycles. The molecule has 1 unspecified atom stereocenters. The zero-order valence-corrected chi connectivity index (χ0v) is 11.5. The van der Waals surface area contributed by atoms with Gasteiger partial charge in [-0.25, -0.2) is 0 Å². The molecule has 0 aromatic heterocycles. The first kappa shape index (κ1) is 15.6. The van der Waals surface area contributed by atoms with E-state index in [-0.39, 0.29) is 25.1 Å². The van der Waals surface area contributed by atoms with Crippen molar-refractivity contribution in [1.82, 2.24) is 0 Å². The minimum atomic E-state index is -1.39. The van der Waals surface area contributed by atoms with Gasteiger partial charge in [0.05, 0.1) is 17.6 Å². The smallest absolute Gasteiger partial charge is 0.326 e. The third-order valence-electron chi connectivity index (χ3n) is 3.16. The van der Waals surface area contributed by atoms with Gasteiger partial charge in [0.15, 0.2) is 5.41 Å². The maximum Gasteiger partial charge on any atom is 0.326 e. The number of nitrogens with zero attached hydrogens (tertiary/aromatic N) is 2. The standard InChI is InChI=1S/C14H16N2O4/c1-3-14(10-15,13(17)20-4-2)9-11-7-5-6-8-12(11)16(18)19/h5-8H,3-4,9H2,1-2H3. The highest BCUT2D eigenvalue weighted by Crippen LogP contribution is 2.32. The van der Waals surface area contributed by atoms with Gasteiger partial charge in [-0.2, -0.15) is 5.26 Å². The number of ether oxygens (including phenoxy) is 1. The highest BCUT2D eigenvalue weighted by atomic mass is 16.6. The van der Waals surface area contributed by atoms with Crippen molar-refractivity contribution in [1.29, 1.82) is 5.26 Å². The van der Waals surface area contributed by atoms with Crippen LogP contribution in [0.3, 0.4) is 0 Å². The molecular formula is C14H16N2O4. The van der Waals surface area contributed by atoms with E-state index in [9.17, 15) is 20.2 Å². The van der Waals surface area contributed by atoms with Crippen LogP contribution in [0.15, 0.2) is 24.3 Å². The van der Waals surface area contributed by atoms with Crippen molar-refractivity contribution in [2.75, 3.05) is 6.61 Å². The van der Waals surface area contributed by atoms with Crippen LogP contribution in [0, 0.1) is 26.9 Å². The normalized spacial score (nSPS) is 13.1. The van der Waals surface area contributed by atoms with Crippen LogP contribution in [0.5, 0.6) is 0 Å². The van der Waals surface area contributed by atoms with Gasteiger partial charge in [0.2, 0.25) is 0 Å². The molecule has 0 N–H and O–H groups in total. The number of carbonyl (C=O) groups is 1. The Labute approximate surface area is 117 Å². The lowest BCUT2D eigenvalue weighted by Crippen LogP contribution is -2.33. The van der Waals surface area contributed by atoms with E-state index in [0.29, 0.717) is 5.56 Å². The molecule has 0 aliphatic heterocycles. The largest absolute Gasteiger partial charge is 0.465 e. The molecule has 1 aromatic carbocycles. The Kier molecular flexibility index (Phi) is 5.21. The third kappa shape index (κ3) is 3.12. The maximum atomic E-state index is 12.0. The molecule has 1 rings (SSSR count). The monoisotopic (exact) mass is 276 g/mol. The molecule has 0 aliphatic rings. The lowest BCUT2D eigenvalue weighted by atomic mass is 9.80. The molecule has 20 heavy (non-hydrogen) atoms. The Morgan fingerprint density at radius 2 is 2.10 bits per heavy atom. The predicted octanol–water partition coefficient (Wildman–Crippen LogP) is 2.62. The van der Waals surface area contributed by atoms with Gasteiger partial charge in [-0.3, -0.25) is 14.9 Å². The summed E-state index contributed by atoms with van der Waals surface area (Å²) in [7, 11) is 0. The second kappa shape index (κ2) is 6.66. The predicted molar refractivity (Wildman–Crippen MR) is 71.8 cm³/mol. The van der Waals surface area contributed by atoms with Gasteiger partial charge in [-0.15, -0.1) is 0 Å². The zero-order valence-electron chi connectivity index (χ0n) is 11.5. The molecule has 0 amide bonds. The zero-order chi connectivity index (χ0) is 15.2. The van der Waals surface area contributed by atoms with E-state index in [1.807, 2.05) is 6.07 Å². The van der Waals surface area contributed by atoms with Crippen molar-refractivity contribution in [3.05, 3.63) is 39.9 Å². The summed E-state index contributed by atoms with van der Waals surface area (Å²) in [5, 5.41) is 20.3. The summed E-state index contributed by atoms with van der Waals surface area (Å²) in [5.74, 6) is -0.636. The number of hydrogen-bond donors (Lipinski definition) is 0. The number of hydrogen-bond acceptors (Lipinski definition) is 5. The number of nitriles is 1. The molecule has 6 heteroatoms. The second-order valence-electron chi connectivity index (χ2n) is 4.33. The highest BCUT2D eigenvalue weighted by Gasteiger charge is 2.40. The molecule has 0 spiro atoms. The Hall–Kier alpha value is -2.42. The summed E-state index contributed by atoms with van der Waals surface area (Å²) in [6.45, 7) is 3.51. The van der Waals surface area contributed by atoms with Gasteiger partial charge in [0.1, 0.15) is 0 Å². The number of carbonyl (C=O) groups excluding carboxylic acids is 1. The number of nitro benzene ring substituents is 1. The van der Waals surface area contributed by atoms with E-state index in [1.54, 1.807) is 32.0 Å². The van der Waals surface area contributed by atoms with E-state index < -0.39 is 16.3 Å². The quantitative estimate of drug-likeness (QED) is 0.452. The molecule has 0 radical (unpaired) electrons. The molecule has 0 bridgehead atoms. The molecule has 1 atom stereocenters. The molecular weight excluding hydrogens is 260 g/mol. The molecule has 0 aliphatic carbocycles. The van der Waals surface area contributed by atoms with Crippen LogP contribution in [0.4, 0.5) is 5.69 Å². The van der Waals surface area contributed by atoms with Crippen LogP contribution in [-0.2, 0) is 16.0 Å². The fourth-order valence-electron chi connectivity index (χ4n) is 1.94. The van der Waals surface area contributed by atoms with E-state index in [0.717, 1.165) is 0 Å². The van der Waals surface area contributed by atoms with Crippen molar-refractivity contribution in [2.45, 2.75) is 26.7 Å². The van der Waals surface area contributed by atoms with Crippen LogP contribution in [0.1, 0.15) is 25.8 Å². The summed E-state index contributed by atoms with van der Waals surface area (Å²) >= 11 is 0. The average molecular weight is 276 g/mol. The number of nitro groups is 1. The first-order valence-electron chi connectivity index (χ1n) is 6.31. The lowest BCUT2D eigenvalue weighted by molar-refractivity contribution is -0.385. The SMILES string of the molecule is CCOC(=O)C(C#N)(CC)Cc1ccccc1[N+](=O)[O-]. The Morgan fingerprint density at radius 1 is 1.45 bits per heavy atom. The summed E-state index contributed by atoms with van der Waals surface area (Å²) in [5.41, 5.74) is -1.12. The maximum absolute atomic E-state index is 12.0. The van der Waals surface area contributed by atoms with Gasteiger partial charge in [-0.05, 0) is 13.3 Å². The first-order chi connectivity index (χ1) is 9.50. The number of rotatable bonds is 6. The lowest BCUT2D eigenvalue weighted by Gasteiger charge is -2.22. The van der Waals surface area contributed by atoms with Gasteiger partial charge < -0.3 is 4.74 Å². The van der Waals surface area contributed by atoms with Crippen LogP contribution in [0.25, 0.3) is 0 Å². The highest BCUT2D eigenvalue weighted by molar-refractivity contribution is 5.80. The summed E-state index contributed by atoms with van der Waals surface area (Å²) in [6.07, 6.45) is 0.199. The fraction of sp³-hybridized carbons (Fsp3) is 0.429. The van der Waals surface area contributed by atoms with Crippen LogP contribution in [-0.4, -0.2) is 17.5 Å². The average Bonchev–Trinajstić information content (AvgIpc) is 2.45. The van der Waals surface area contributed by atoms with Gasteiger partial charge in [0.25, 0.3) is 5.69 Å². The van der Waals surface area contributed by atoms with Crippen LogP contribution in [0.2, 0.25) is 0 Å². The number of esters is 1. The summed E-state index contributed by atoms with van der Waals surface area (Å²) in [6, 6.07) is 8.07. The van der Waals surface area contributed by atoms with E-state index in [1.165, 1.54) is 6.07 Å². The van der Waals surface area contributed by atoms with Gasteiger partial charge in [0, 0.05) is 18.1 Å². The minimum absolute atomic E-state index is 0.0318. The number of benzene rings is 1. The molecule has 0 saturated carbocycles. The van der Waals surface area contributed by atoms with E-state index >= 15 is 0 Å².